The van der Waals surface area contributed by atoms with E-state index in [0.717, 1.165) is 16.9 Å². The third kappa shape index (κ3) is 3.45. The molecule has 0 bridgehead atoms. The molecule has 102 valence electrons. The van der Waals surface area contributed by atoms with E-state index < -0.39 is 0 Å². The zero-order valence-electron chi connectivity index (χ0n) is 11.6. The number of nitrogens with zero attached hydrogens (tertiary/aromatic N) is 2. The topological polar surface area (TPSA) is 44.7 Å². The van der Waals surface area contributed by atoms with Crippen LogP contribution in [0.2, 0.25) is 0 Å². The van der Waals surface area contributed by atoms with Gasteiger partial charge in [0.1, 0.15) is 0 Å². The monoisotopic (exact) mass is 267 g/mol. The van der Waals surface area contributed by atoms with E-state index in [1.807, 2.05) is 54.6 Å². The largest absolute Gasteiger partial charge is 0.314 e. The number of hydrogen-bond donors (Lipinski definition) is 1. The standard InChI is InChI=1S/C16H17N3O/c1-13(20)19(2)16-11-7-6-10-15(16)18-17-12-14-8-4-3-5-9-14/h3-12,18H,1-2H3. The number of anilines is 2. The van der Waals surface area contributed by atoms with E-state index in [4.69, 9.17) is 0 Å². The second-order valence-electron chi connectivity index (χ2n) is 4.38. The summed E-state index contributed by atoms with van der Waals surface area (Å²) in [5, 5.41) is 4.20. The lowest BCUT2D eigenvalue weighted by molar-refractivity contribution is -0.116. The Hall–Kier alpha value is -2.62. The summed E-state index contributed by atoms with van der Waals surface area (Å²) in [6.45, 7) is 1.53. The minimum Gasteiger partial charge on any atom is -0.314 e. The molecular weight excluding hydrogens is 250 g/mol. The van der Waals surface area contributed by atoms with Crippen molar-refractivity contribution in [1.82, 2.24) is 0 Å². The van der Waals surface area contributed by atoms with Gasteiger partial charge in [0.15, 0.2) is 0 Å². The predicted octanol–water partition coefficient (Wildman–Crippen LogP) is 3.12. The Balaban J connectivity index is 2.14. The zero-order chi connectivity index (χ0) is 14.4. The quantitative estimate of drug-likeness (QED) is 0.683. The van der Waals surface area contributed by atoms with Crippen LogP contribution in [0.5, 0.6) is 0 Å². The molecule has 0 atom stereocenters. The lowest BCUT2D eigenvalue weighted by Gasteiger charge is -2.18. The van der Waals surface area contributed by atoms with Crippen molar-refractivity contribution >= 4 is 23.5 Å². The van der Waals surface area contributed by atoms with Gasteiger partial charge in [-0.25, -0.2) is 0 Å². The van der Waals surface area contributed by atoms with Crippen LogP contribution in [0.1, 0.15) is 12.5 Å². The highest BCUT2D eigenvalue weighted by Crippen LogP contribution is 2.24. The van der Waals surface area contributed by atoms with Gasteiger partial charge in [0.25, 0.3) is 0 Å². The third-order valence-electron chi connectivity index (χ3n) is 2.94. The molecular formula is C16H17N3O. The van der Waals surface area contributed by atoms with Gasteiger partial charge in [0.05, 0.1) is 17.6 Å². The van der Waals surface area contributed by atoms with Crippen LogP contribution in [0.4, 0.5) is 11.4 Å². The molecule has 2 rings (SSSR count). The fourth-order valence-corrected chi connectivity index (χ4v) is 1.75. The normalized spacial score (nSPS) is 10.5. The number of hydrogen-bond acceptors (Lipinski definition) is 3. The molecule has 1 amide bonds. The molecule has 0 saturated carbocycles. The van der Waals surface area contributed by atoms with Gasteiger partial charge >= 0.3 is 0 Å². The molecule has 0 aliphatic carbocycles. The van der Waals surface area contributed by atoms with Gasteiger partial charge in [-0.3, -0.25) is 10.2 Å². The molecule has 2 aromatic rings. The van der Waals surface area contributed by atoms with Gasteiger partial charge in [-0.05, 0) is 17.7 Å². The van der Waals surface area contributed by atoms with E-state index in [1.54, 1.807) is 18.2 Å². The summed E-state index contributed by atoms with van der Waals surface area (Å²) in [5.74, 6) is -0.0220. The summed E-state index contributed by atoms with van der Waals surface area (Å²) in [6.07, 6.45) is 1.74. The van der Waals surface area contributed by atoms with Gasteiger partial charge < -0.3 is 4.90 Å². The summed E-state index contributed by atoms with van der Waals surface area (Å²) in [5.41, 5.74) is 5.57. The van der Waals surface area contributed by atoms with Crippen molar-refractivity contribution in [3.63, 3.8) is 0 Å². The second-order valence-corrected chi connectivity index (χ2v) is 4.38. The predicted molar refractivity (Wildman–Crippen MR) is 83.2 cm³/mol. The maximum absolute atomic E-state index is 11.5. The average molecular weight is 267 g/mol. The van der Waals surface area contributed by atoms with Crippen LogP contribution < -0.4 is 10.3 Å². The molecule has 0 unspecified atom stereocenters. The highest BCUT2D eigenvalue weighted by Gasteiger charge is 2.09. The van der Waals surface area contributed by atoms with Crippen LogP contribution in [-0.4, -0.2) is 19.2 Å². The fourth-order valence-electron chi connectivity index (χ4n) is 1.75. The van der Waals surface area contributed by atoms with E-state index in [0.29, 0.717) is 0 Å². The molecule has 4 nitrogen and oxygen atoms in total. The van der Waals surface area contributed by atoms with Crippen molar-refractivity contribution in [3.8, 4) is 0 Å². The molecule has 1 N–H and O–H groups in total. The van der Waals surface area contributed by atoms with Gasteiger partial charge in [0, 0.05) is 14.0 Å². The van der Waals surface area contributed by atoms with Crippen molar-refractivity contribution < 1.29 is 4.79 Å². The lowest BCUT2D eigenvalue weighted by Crippen LogP contribution is -2.23. The van der Waals surface area contributed by atoms with Crippen molar-refractivity contribution in [2.45, 2.75) is 6.92 Å². The molecule has 0 aromatic heterocycles. The van der Waals surface area contributed by atoms with E-state index in [-0.39, 0.29) is 5.91 Å². The minimum atomic E-state index is -0.0220. The van der Waals surface area contributed by atoms with Crippen LogP contribution in [0.3, 0.4) is 0 Å². The number of para-hydroxylation sites is 2. The second kappa shape index (κ2) is 6.52. The van der Waals surface area contributed by atoms with E-state index in [9.17, 15) is 4.79 Å². The average Bonchev–Trinajstić information content (AvgIpc) is 2.48. The third-order valence-corrected chi connectivity index (χ3v) is 2.94. The fraction of sp³-hybridized carbons (Fsp3) is 0.125. The Morgan fingerprint density at radius 2 is 1.75 bits per heavy atom. The zero-order valence-corrected chi connectivity index (χ0v) is 11.6. The SMILES string of the molecule is CC(=O)N(C)c1ccccc1NN=Cc1ccccc1. The molecule has 4 heteroatoms. The molecule has 0 fully saturated rings. The van der Waals surface area contributed by atoms with Crippen molar-refractivity contribution in [3.05, 3.63) is 60.2 Å². The van der Waals surface area contributed by atoms with Crippen LogP contribution >= 0.6 is 0 Å². The summed E-state index contributed by atoms with van der Waals surface area (Å²) in [4.78, 5) is 13.0. The van der Waals surface area contributed by atoms with Gasteiger partial charge in [-0.15, -0.1) is 0 Å². The molecule has 0 radical (unpaired) electrons. The van der Waals surface area contributed by atoms with Crippen molar-refractivity contribution in [1.29, 1.82) is 0 Å². The smallest absolute Gasteiger partial charge is 0.223 e. The van der Waals surface area contributed by atoms with Crippen LogP contribution in [-0.2, 0) is 4.79 Å². The maximum atomic E-state index is 11.5. The first kappa shape index (κ1) is 13.8. The minimum absolute atomic E-state index is 0.0220. The van der Waals surface area contributed by atoms with Gasteiger partial charge in [-0.1, -0.05) is 42.5 Å². The number of carbonyl (C=O) groups excluding carboxylic acids is 1. The number of amides is 1. The van der Waals surface area contributed by atoms with Gasteiger partial charge in [0.2, 0.25) is 5.91 Å². The maximum Gasteiger partial charge on any atom is 0.223 e. The molecule has 0 spiro atoms. The molecule has 0 aliphatic rings. The number of benzene rings is 2. The number of nitrogens with one attached hydrogen (secondary N) is 1. The van der Waals surface area contributed by atoms with Crippen molar-refractivity contribution in [2.24, 2.45) is 5.10 Å². The van der Waals surface area contributed by atoms with Crippen LogP contribution in [0, 0.1) is 0 Å². The Bertz CT molecular complexity index is 608. The number of hydrazone groups is 1. The summed E-state index contributed by atoms with van der Waals surface area (Å²) in [6, 6.07) is 17.4. The van der Waals surface area contributed by atoms with E-state index in [1.165, 1.54) is 6.92 Å². The lowest BCUT2D eigenvalue weighted by atomic mass is 10.2. The Morgan fingerprint density at radius 1 is 1.10 bits per heavy atom. The van der Waals surface area contributed by atoms with E-state index >= 15 is 0 Å². The first-order valence-corrected chi connectivity index (χ1v) is 6.36. The highest BCUT2D eigenvalue weighted by molar-refractivity contribution is 5.94. The highest BCUT2D eigenvalue weighted by atomic mass is 16.2. The Labute approximate surface area is 118 Å². The molecule has 0 heterocycles. The summed E-state index contributed by atoms with van der Waals surface area (Å²) >= 11 is 0. The summed E-state index contributed by atoms with van der Waals surface area (Å²) < 4.78 is 0. The number of carbonyl (C=O) groups is 1. The van der Waals surface area contributed by atoms with Gasteiger partial charge in [-0.2, -0.15) is 5.10 Å². The molecule has 2 aromatic carbocycles. The number of rotatable bonds is 4. The van der Waals surface area contributed by atoms with Crippen LogP contribution in [0.15, 0.2) is 59.7 Å². The first-order chi connectivity index (χ1) is 9.68. The molecule has 0 aliphatic heterocycles. The van der Waals surface area contributed by atoms with E-state index in [2.05, 4.69) is 10.5 Å². The Kier molecular flexibility index (Phi) is 4.50. The van der Waals surface area contributed by atoms with Crippen molar-refractivity contribution in [2.75, 3.05) is 17.4 Å². The summed E-state index contributed by atoms with van der Waals surface area (Å²) in [7, 11) is 1.74. The van der Waals surface area contributed by atoms with Crippen LogP contribution in [0.25, 0.3) is 0 Å². The first-order valence-electron chi connectivity index (χ1n) is 6.36. The molecule has 0 saturated heterocycles. The Morgan fingerprint density at radius 3 is 2.45 bits per heavy atom. The molecule has 20 heavy (non-hydrogen) atoms.